The standard InChI is InChI=1S/C24H20F3NO2/c25-24(26,27)16-5-1-4-15(10-16)18-6-2-8-20-19(18)7-3-9-21(20)22(30)28-12-17-11-23(17,13-28)14-29/h1-10,17,29H,11-14H2/t17-,23+/m1/s1. The lowest BCUT2D eigenvalue weighted by molar-refractivity contribution is -0.137. The van der Waals surface area contributed by atoms with E-state index >= 15 is 0 Å². The minimum atomic E-state index is -4.42. The smallest absolute Gasteiger partial charge is 0.396 e. The van der Waals surface area contributed by atoms with Gasteiger partial charge in [0.1, 0.15) is 0 Å². The van der Waals surface area contributed by atoms with E-state index in [0.29, 0.717) is 35.7 Å². The number of amides is 1. The van der Waals surface area contributed by atoms with Crippen molar-refractivity contribution in [3.63, 3.8) is 0 Å². The molecule has 1 N–H and O–H groups in total. The number of carbonyl (C=O) groups excluding carboxylic acids is 1. The van der Waals surface area contributed by atoms with Gasteiger partial charge in [-0.25, -0.2) is 0 Å². The first-order valence-corrected chi connectivity index (χ1v) is 9.92. The van der Waals surface area contributed by atoms with E-state index in [1.165, 1.54) is 6.07 Å². The summed E-state index contributed by atoms with van der Waals surface area (Å²) in [6.45, 7) is 1.29. The van der Waals surface area contributed by atoms with Crippen LogP contribution in [0.25, 0.3) is 21.9 Å². The number of carbonyl (C=O) groups is 1. The Morgan fingerprint density at radius 3 is 2.53 bits per heavy atom. The zero-order valence-electron chi connectivity index (χ0n) is 16.1. The zero-order valence-corrected chi connectivity index (χ0v) is 16.1. The summed E-state index contributed by atoms with van der Waals surface area (Å²) in [5.74, 6) is 0.268. The molecule has 1 saturated heterocycles. The summed E-state index contributed by atoms with van der Waals surface area (Å²) in [5, 5.41) is 11.1. The second-order valence-corrected chi connectivity index (χ2v) is 8.39. The highest BCUT2D eigenvalue weighted by Gasteiger charge is 2.60. The maximum Gasteiger partial charge on any atom is 0.416 e. The summed E-state index contributed by atoms with van der Waals surface area (Å²) in [6.07, 6.45) is -3.45. The first kappa shape index (κ1) is 19.1. The average molecular weight is 411 g/mol. The van der Waals surface area contributed by atoms with Gasteiger partial charge in [0.25, 0.3) is 5.91 Å². The largest absolute Gasteiger partial charge is 0.416 e. The Kier molecular flexibility index (Phi) is 4.19. The number of nitrogens with zero attached hydrogens (tertiary/aromatic N) is 1. The number of halogens is 3. The fraction of sp³-hybridized carbons (Fsp3) is 0.292. The molecule has 0 unspecified atom stereocenters. The quantitative estimate of drug-likeness (QED) is 0.660. The summed E-state index contributed by atoms with van der Waals surface area (Å²) in [4.78, 5) is 15.0. The van der Waals surface area contributed by atoms with Crippen LogP contribution in [0.4, 0.5) is 13.2 Å². The highest BCUT2D eigenvalue weighted by atomic mass is 19.4. The number of alkyl halides is 3. The number of likely N-dealkylation sites (tertiary alicyclic amines) is 1. The molecule has 0 bridgehead atoms. The van der Waals surface area contributed by atoms with Gasteiger partial charge in [-0.15, -0.1) is 0 Å². The van der Waals surface area contributed by atoms with Gasteiger partial charge >= 0.3 is 6.18 Å². The average Bonchev–Trinajstić information content (AvgIpc) is 3.32. The summed E-state index contributed by atoms with van der Waals surface area (Å²) in [6, 6.07) is 16.0. The monoisotopic (exact) mass is 411 g/mol. The Hall–Kier alpha value is -2.86. The van der Waals surface area contributed by atoms with Crippen molar-refractivity contribution in [2.24, 2.45) is 11.3 Å². The van der Waals surface area contributed by atoms with Crippen LogP contribution in [-0.4, -0.2) is 35.6 Å². The number of aliphatic hydroxyl groups is 1. The normalized spacial score (nSPS) is 22.9. The summed E-state index contributed by atoms with van der Waals surface area (Å²) < 4.78 is 39.5. The van der Waals surface area contributed by atoms with Crippen molar-refractivity contribution >= 4 is 16.7 Å². The lowest BCUT2D eigenvalue weighted by Crippen LogP contribution is -2.32. The Balaban J connectivity index is 1.56. The van der Waals surface area contributed by atoms with Gasteiger partial charge in [0.2, 0.25) is 0 Å². The maximum atomic E-state index is 13.2. The SMILES string of the molecule is O=C(c1cccc2c(-c3cccc(C(F)(F)F)c3)cccc12)N1C[C@H]2C[C@@]2(CO)C1. The molecule has 3 nitrogen and oxygen atoms in total. The third-order valence-corrected chi connectivity index (χ3v) is 6.56. The van der Waals surface area contributed by atoms with E-state index in [0.717, 1.165) is 29.3 Å². The van der Waals surface area contributed by atoms with Crippen molar-refractivity contribution in [1.82, 2.24) is 4.90 Å². The zero-order chi connectivity index (χ0) is 21.1. The predicted octanol–water partition coefficient (Wildman–Crippen LogP) is 4.98. The van der Waals surface area contributed by atoms with Gasteiger partial charge in [0.15, 0.2) is 0 Å². The van der Waals surface area contributed by atoms with E-state index < -0.39 is 11.7 Å². The first-order chi connectivity index (χ1) is 14.3. The molecule has 1 amide bonds. The summed E-state index contributed by atoms with van der Waals surface area (Å²) >= 11 is 0. The van der Waals surface area contributed by atoms with Crippen molar-refractivity contribution in [2.75, 3.05) is 19.7 Å². The number of rotatable bonds is 3. The van der Waals surface area contributed by atoms with E-state index in [1.54, 1.807) is 35.2 Å². The molecular formula is C24H20F3NO2. The molecule has 0 radical (unpaired) electrons. The van der Waals surface area contributed by atoms with Crippen LogP contribution in [-0.2, 0) is 6.18 Å². The molecule has 5 rings (SSSR count). The van der Waals surface area contributed by atoms with Gasteiger partial charge in [-0.1, -0.05) is 42.5 Å². The molecule has 0 aromatic heterocycles. The molecule has 3 aromatic carbocycles. The molecule has 0 spiro atoms. The predicted molar refractivity (Wildman–Crippen MR) is 108 cm³/mol. The topological polar surface area (TPSA) is 40.5 Å². The van der Waals surface area contributed by atoms with E-state index in [1.807, 2.05) is 12.1 Å². The number of hydrogen-bond donors (Lipinski definition) is 1. The minimum absolute atomic E-state index is 0.0939. The second kappa shape index (κ2) is 6.57. The molecular weight excluding hydrogens is 391 g/mol. The third kappa shape index (κ3) is 2.98. The highest BCUT2D eigenvalue weighted by Crippen LogP contribution is 2.57. The van der Waals surface area contributed by atoms with Crippen LogP contribution in [0.5, 0.6) is 0 Å². The van der Waals surface area contributed by atoms with Gasteiger partial charge in [0.05, 0.1) is 12.2 Å². The van der Waals surface area contributed by atoms with Crippen LogP contribution < -0.4 is 0 Å². The van der Waals surface area contributed by atoms with Gasteiger partial charge in [-0.3, -0.25) is 4.79 Å². The minimum Gasteiger partial charge on any atom is -0.396 e. The third-order valence-electron chi connectivity index (χ3n) is 6.56. The molecule has 1 heterocycles. The van der Waals surface area contributed by atoms with Gasteiger partial charge < -0.3 is 10.0 Å². The van der Waals surface area contributed by atoms with Crippen LogP contribution in [0.15, 0.2) is 60.7 Å². The van der Waals surface area contributed by atoms with Gasteiger partial charge in [0, 0.05) is 24.1 Å². The van der Waals surface area contributed by atoms with Crippen LogP contribution in [0.1, 0.15) is 22.3 Å². The first-order valence-electron chi connectivity index (χ1n) is 9.92. The highest BCUT2D eigenvalue weighted by molar-refractivity contribution is 6.10. The van der Waals surface area contributed by atoms with Gasteiger partial charge in [-0.2, -0.15) is 13.2 Å². The van der Waals surface area contributed by atoms with E-state index in [-0.39, 0.29) is 17.9 Å². The van der Waals surface area contributed by atoms with Crippen molar-refractivity contribution in [3.8, 4) is 11.1 Å². The Labute approximate surface area is 171 Å². The van der Waals surface area contributed by atoms with E-state index in [9.17, 15) is 23.1 Å². The Morgan fingerprint density at radius 2 is 1.80 bits per heavy atom. The molecule has 2 aliphatic rings. The fourth-order valence-corrected chi connectivity index (χ4v) is 4.77. The molecule has 6 heteroatoms. The Morgan fingerprint density at radius 1 is 1.07 bits per heavy atom. The number of fused-ring (bicyclic) bond motifs is 2. The van der Waals surface area contributed by atoms with E-state index in [2.05, 4.69) is 0 Å². The molecule has 2 atom stereocenters. The van der Waals surface area contributed by atoms with Crippen LogP contribution in [0, 0.1) is 11.3 Å². The number of piperidine rings is 1. The van der Waals surface area contributed by atoms with Crippen LogP contribution >= 0.6 is 0 Å². The molecule has 1 aliphatic carbocycles. The molecule has 30 heavy (non-hydrogen) atoms. The van der Waals surface area contributed by atoms with Crippen molar-refractivity contribution in [2.45, 2.75) is 12.6 Å². The van der Waals surface area contributed by atoms with Crippen LogP contribution in [0.3, 0.4) is 0 Å². The van der Waals surface area contributed by atoms with Crippen LogP contribution in [0.2, 0.25) is 0 Å². The van der Waals surface area contributed by atoms with Crippen molar-refractivity contribution < 1.29 is 23.1 Å². The lowest BCUT2D eigenvalue weighted by Gasteiger charge is -2.21. The molecule has 154 valence electrons. The lowest BCUT2D eigenvalue weighted by atomic mass is 9.94. The molecule has 1 saturated carbocycles. The molecule has 2 fully saturated rings. The van der Waals surface area contributed by atoms with E-state index in [4.69, 9.17) is 0 Å². The maximum absolute atomic E-state index is 13.2. The number of benzene rings is 3. The Bertz CT molecular complexity index is 1150. The number of aliphatic hydroxyl groups excluding tert-OH is 1. The van der Waals surface area contributed by atoms with Crippen molar-refractivity contribution in [1.29, 1.82) is 0 Å². The van der Waals surface area contributed by atoms with Crippen molar-refractivity contribution in [3.05, 3.63) is 71.8 Å². The molecule has 3 aromatic rings. The molecule has 1 aliphatic heterocycles. The fourth-order valence-electron chi connectivity index (χ4n) is 4.77. The van der Waals surface area contributed by atoms with Gasteiger partial charge in [-0.05, 0) is 52.4 Å². The number of hydrogen-bond acceptors (Lipinski definition) is 2. The second-order valence-electron chi connectivity index (χ2n) is 8.39. The summed E-state index contributed by atoms with van der Waals surface area (Å²) in [7, 11) is 0. The summed E-state index contributed by atoms with van der Waals surface area (Å²) in [5.41, 5.74) is 0.820.